The SMILES string of the molecule is COCCCNC(=O)C(C)NC(=O)OC(C)(C)C. The fourth-order valence-corrected chi connectivity index (χ4v) is 1.13. The quantitative estimate of drug-likeness (QED) is 0.700. The third-order valence-electron chi connectivity index (χ3n) is 1.95. The summed E-state index contributed by atoms with van der Waals surface area (Å²) >= 11 is 0. The van der Waals surface area contributed by atoms with E-state index in [0.29, 0.717) is 13.2 Å². The van der Waals surface area contributed by atoms with Crippen molar-refractivity contribution in [3.05, 3.63) is 0 Å². The Labute approximate surface area is 108 Å². The minimum absolute atomic E-state index is 0.239. The van der Waals surface area contributed by atoms with E-state index in [2.05, 4.69) is 10.6 Å². The van der Waals surface area contributed by atoms with E-state index in [-0.39, 0.29) is 5.91 Å². The van der Waals surface area contributed by atoms with Crippen LogP contribution in [0.2, 0.25) is 0 Å². The number of alkyl carbamates (subject to hydrolysis) is 1. The second kappa shape index (κ2) is 7.92. The lowest BCUT2D eigenvalue weighted by atomic mass is 10.2. The van der Waals surface area contributed by atoms with E-state index in [1.54, 1.807) is 34.8 Å². The molecule has 0 fully saturated rings. The molecular formula is C12H24N2O4. The van der Waals surface area contributed by atoms with Crippen molar-refractivity contribution in [1.29, 1.82) is 0 Å². The molecule has 0 rings (SSSR count). The number of ether oxygens (including phenoxy) is 2. The molecule has 1 unspecified atom stereocenters. The molecule has 1 atom stereocenters. The van der Waals surface area contributed by atoms with Crippen LogP contribution in [0.5, 0.6) is 0 Å². The van der Waals surface area contributed by atoms with Gasteiger partial charge in [0.15, 0.2) is 0 Å². The van der Waals surface area contributed by atoms with E-state index in [1.165, 1.54) is 0 Å². The van der Waals surface area contributed by atoms with Crippen molar-refractivity contribution in [2.45, 2.75) is 45.8 Å². The molecule has 2 amide bonds. The fourth-order valence-electron chi connectivity index (χ4n) is 1.13. The van der Waals surface area contributed by atoms with Gasteiger partial charge in [-0.3, -0.25) is 4.79 Å². The molecule has 0 aliphatic rings. The maximum Gasteiger partial charge on any atom is 0.408 e. The van der Waals surface area contributed by atoms with Crippen molar-refractivity contribution >= 4 is 12.0 Å². The molecule has 106 valence electrons. The van der Waals surface area contributed by atoms with Crippen LogP contribution < -0.4 is 10.6 Å². The number of amides is 2. The van der Waals surface area contributed by atoms with E-state index < -0.39 is 17.7 Å². The summed E-state index contributed by atoms with van der Waals surface area (Å²) in [5.41, 5.74) is -0.571. The molecule has 6 nitrogen and oxygen atoms in total. The molecule has 0 radical (unpaired) electrons. The normalized spacial score (nSPS) is 12.7. The monoisotopic (exact) mass is 260 g/mol. The molecular weight excluding hydrogens is 236 g/mol. The van der Waals surface area contributed by atoms with E-state index in [0.717, 1.165) is 6.42 Å². The first-order valence-corrected chi connectivity index (χ1v) is 6.02. The Kier molecular flexibility index (Phi) is 7.35. The van der Waals surface area contributed by atoms with Crippen LogP contribution in [0.15, 0.2) is 0 Å². The van der Waals surface area contributed by atoms with Crippen LogP contribution in [0.4, 0.5) is 4.79 Å². The van der Waals surface area contributed by atoms with Gasteiger partial charge in [-0.25, -0.2) is 4.79 Å². The Morgan fingerprint density at radius 2 is 1.89 bits per heavy atom. The summed E-state index contributed by atoms with van der Waals surface area (Å²) in [6.07, 6.45) is 0.142. The minimum atomic E-state index is -0.623. The van der Waals surface area contributed by atoms with Gasteiger partial charge in [-0.1, -0.05) is 0 Å². The molecule has 0 aliphatic carbocycles. The van der Waals surface area contributed by atoms with Gasteiger partial charge in [0.2, 0.25) is 5.91 Å². The van der Waals surface area contributed by atoms with E-state index in [4.69, 9.17) is 9.47 Å². The van der Waals surface area contributed by atoms with E-state index in [1.807, 2.05) is 0 Å². The lowest BCUT2D eigenvalue weighted by Gasteiger charge is -2.21. The zero-order chi connectivity index (χ0) is 14.2. The van der Waals surface area contributed by atoms with Crippen molar-refractivity contribution in [2.24, 2.45) is 0 Å². The number of hydrogen-bond donors (Lipinski definition) is 2. The molecule has 0 saturated carbocycles. The second-order valence-corrected chi connectivity index (χ2v) is 5.01. The topological polar surface area (TPSA) is 76.7 Å². The van der Waals surface area contributed by atoms with Crippen LogP contribution in [-0.4, -0.2) is 43.9 Å². The van der Waals surface area contributed by atoms with Crippen LogP contribution in [0.25, 0.3) is 0 Å². The summed E-state index contributed by atoms with van der Waals surface area (Å²) < 4.78 is 9.91. The zero-order valence-corrected chi connectivity index (χ0v) is 11.8. The number of rotatable bonds is 6. The molecule has 2 N–H and O–H groups in total. The molecule has 0 aromatic heterocycles. The number of carbonyl (C=O) groups is 2. The fraction of sp³-hybridized carbons (Fsp3) is 0.833. The molecule has 0 aliphatic heterocycles. The smallest absolute Gasteiger partial charge is 0.408 e. The first-order chi connectivity index (χ1) is 8.26. The summed E-state index contributed by atoms with van der Waals surface area (Å²) in [4.78, 5) is 23.0. The highest BCUT2D eigenvalue weighted by molar-refractivity contribution is 5.85. The van der Waals surface area contributed by atoms with Gasteiger partial charge in [-0.05, 0) is 34.1 Å². The molecule has 0 aromatic rings. The number of carbonyl (C=O) groups excluding carboxylic acids is 2. The predicted molar refractivity (Wildman–Crippen MR) is 68.3 cm³/mol. The first kappa shape index (κ1) is 16.7. The van der Waals surface area contributed by atoms with Gasteiger partial charge < -0.3 is 20.1 Å². The second-order valence-electron chi connectivity index (χ2n) is 5.01. The highest BCUT2D eigenvalue weighted by Crippen LogP contribution is 2.06. The average molecular weight is 260 g/mol. The Morgan fingerprint density at radius 3 is 2.39 bits per heavy atom. The van der Waals surface area contributed by atoms with Crippen LogP contribution >= 0.6 is 0 Å². The van der Waals surface area contributed by atoms with Crippen LogP contribution in [-0.2, 0) is 14.3 Å². The molecule has 0 saturated heterocycles. The average Bonchev–Trinajstić information content (AvgIpc) is 2.21. The highest BCUT2D eigenvalue weighted by Gasteiger charge is 2.20. The molecule has 0 spiro atoms. The number of methoxy groups -OCH3 is 1. The molecule has 18 heavy (non-hydrogen) atoms. The van der Waals surface area contributed by atoms with Gasteiger partial charge in [0.25, 0.3) is 0 Å². The van der Waals surface area contributed by atoms with Crippen molar-refractivity contribution in [3.8, 4) is 0 Å². The molecule has 6 heteroatoms. The maximum absolute atomic E-state index is 11.6. The Hall–Kier alpha value is -1.30. The largest absolute Gasteiger partial charge is 0.444 e. The van der Waals surface area contributed by atoms with Gasteiger partial charge in [0.1, 0.15) is 11.6 Å². The molecule has 0 aromatic carbocycles. The van der Waals surface area contributed by atoms with Crippen molar-refractivity contribution in [1.82, 2.24) is 10.6 Å². The van der Waals surface area contributed by atoms with Crippen molar-refractivity contribution in [3.63, 3.8) is 0 Å². The van der Waals surface area contributed by atoms with Gasteiger partial charge in [0, 0.05) is 20.3 Å². The van der Waals surface area contributed by atoms with Crippen LogP contribution in [0.3, 0.4) is 0 Å². The number of nitrogens with one attached hydrogen (secondary N) is 2. The van der Waals surface area contributed by atoms with Gasteiger partial charge in [0.05, 0.1) is 0 Å². The molecule has 0 heterocycles. The van der Waals surface area contributed by atoms with Gasteiger partial charge in [-0.2, -0.15) is 0 Å². The zero-order valence-electron chi connectivity index (χ0n) is 11.8. The van der Waals surface area contributed by atoms with Crippen LogP contribution in [0, 0.1) is 0 Å². The maximum atomic E-state index is 11.6. The number of hydrogen-bond acceptors (Lipinski definition) is 4. The Morgan fingerprint density at radius 1 is 1.28 bits per heavy atom. The first-order valence-electron chi connectivity index (χ1n) is 6.02. The van der Waals surface area contributed by atoms with Crippen molar-refractivity contribution < 1.29 is 19.1 Å². The summed E-state index contributed by atoms with van der Waals surface area (Å²) in [5, 5.41) is 5.17. The summed E-state index contributed by atoms with van der Waals surface area (Å²) in [5.74, 6) is -0.239. The van der Waals surface area contributed by atoms with Crippen LogP contribution in [0.1, 0.15) is 34.1 Å². The highest BCUT2D eigenvalue weighted by atomic mass is 16.6. The van der Waals surface area contributed by atoms with E-state index >= 15 is 0 Å². The summed E-state index contributed by atoms with van der Waals surface area (Å²) in [6, 6.07) is -0.623. The van der Waals surface area contributed by atoms with Gasteiger partial charge >= 0.3 is 6.09 Å². The summed E-state index contributed by atoms with van der Waals surface area (Å²) in [7, 11) is 1.61. The molecule has 0 bridgehead atoms. The van der Waals surface area contributed by atoms with E-state index in [9.17, 15) is 9.59 Å². The van der Waals surface area contributed by atoms with Gasteiger partial charge in [-0.15, -0.1) is 0 Å². The standard InChI is InChI=1S/C12H24N2O4/c1-9(10(15)13-7-6-8-17-5)14-11(16)18-12(2,3)4/h9H,6-8H2,1-5H3,(H,13,15)(H,14,16). The third-order valence-corrected chi connectivity index (χ3v) is 1.95. The lowest BCUT2D eigenvalue weighted by molar-refractivity contribution is -0.122. The minimum Gasteiger partial charge on any atom is -0.444 e. The predicted octanol–water partition coefficient (Wildman–Crippen LogP) is 1.05. The Balaban J connectivity index is 3.90. The summed E-state index contributed by atoms with van der Waals surface area (Å²) in [6.45, 7) is 8.02. The third kappa shape index (κ3) is 8.81. The van der Waals surface area contributed by atoms with Crippen molar-refractivity contribution in [2.75, 3.05) is 20.3 Å². The Bertz CT molecular complexity index is 274. The lowest BCUT2D eigenvalue weighted by Crippen LogP contribution is -2.46.